The van der Waals surface area contributed by atoms with E-state index in [-0.39, 0.29) is 10.1 Å². The molecule has 2 atom stereocenters. The molecule has 1 aliphatic rings. The van der Waals surface area contributed by atoms with E-state index < -0.39 is 9.84 Å². The summed E-state index contributed by atoms with van der Waals surface area (Å²) in [5, 5.41) is -0.272. The predicted octanol–water partition coefficient (Wildman–Crippen LogP) is 2.97. The maximum absolute atomic E-state index is 12.1. The number of hydrogen-bond acceptors (Lipinski definition) is 3. The number of ether oxygens (including phenoxy) is 1. The van der Waals surface area contributed by atoms with Crippen LogP contribution in [0, 0.1) is 0 Å². The van der Waals surface area contributed by atoms with Crippen LogP contribution in [0.15, 0.2) is 24.3 Å². The number of para-hydroxylation sites is 1. The van der Waals surface area contributed by atoms with Crippen LogP contribution in [0.2, 0.25) is 0 Å². The fraction of sp³-hybridized carbons (Fsp3) is 0.571. The van der Waals surface area contributed by atoms with Gasteiger partial charge in [0.25, 0.3) is 0 Å². The topological polar surface area (TPSA) is 43.4 Å². The first-order valence-electron chi connectivity index (χ1n) is 6.52. The third kappa shape index (κ3) is 3.51. The number of hydrogen-bond donors (Lipinski definition) is 0. The van der Waals surface area contributed by atoms with Gasteiger partial charge in [-0.3, -0.25) is 0 Å². The first-order valence-corrected chi connectivity index (χ1v) is 9.15. The Hall–Kier alpha value is -0.550. The van der Waals surface area contributed by atoms with Gasteiger partial charge in [0.1, 0.15) is 5.75 Å². The van der Waals surface area contributed by atoms with Gasteiger partial charge in [0.05, 0.1) is 18.1 Å². The average molecular weight is 347 g/mol. The molecule has 0 amide bonds. The molecule has 0 spiro atoms. The van der Waals surface area contributed by atoms with Crippen LogP contribution in [0.5, 0.6) is 5.75 Å². The van der Waals surface area contributed by atoms with E-state index in [0.29, 0.717) is 12.2 Å². The average Bonchev–Trinajstić information content (AvgIpc) is 2.38. The zero-order valence-corrected chi connectivity index (χ0v) is 13.4. The Morgan fingerprint density at radius 1 is 1.37 bits per heavy atom. The van der Waals surface area contributed by atoms with Crippen LogP contribution in [0.1, 0.15) is 24.8 Å². The van der Waals surface area contributed by atoms with E-state index in [1.807, 2.05) is 24.3 Å². The van der Waals surface area contributed by atoms with Crippen molar-refractivity contribution in [3.63, 3.8) is 0 Å². The molecular weight excluding hydrogens is 328 g/mol. The Morgan fingerprint density at radius 3 is 2.79 bits per heavy atom. The molecule has 106 valence electrons. The van der Waals surface area contributed by atoms with Crippen LogP contribution >= 0.6 is 15.9 Å². The van der Waals surface area contributed by atoms with Crippen molar-refractivity contribution in [2.75, 3.05) is 12.9 Å². The molecule has 1 aromatic rings. The van der Waals surface area contributed by atoms with Crippen molar-refractivity contribution < 1.29 is 13.2 Å². The second-order valence-electron chi connectivity index (χ2n) is 4.93. The summed E-state index contributed by atoms with van der Waals surface area (Å²) in [7, 11) is -1.31. The minimum Gasteiger partial charge on any atom is -0.496 e. The van der Waals surface area contributed by atoms with Gasteiger partial charge in [0.15, 0.2) is 9.84 Å². The zero-order chi connectivity index (χ0) is 13.9. The molecule has 1 aromatic carbocycles. The highest BCUT2D eigenvalue weighted by Gasteiger charge is 2.34. The first-order chi connectivity index (χ1) is 9.04. The minimum absolute atomic E-state index is 0.0471. The molecule has 1 fully saturated rings. The van der Waals surface area contributed by atoms with E-state index in [0.717, 1.165) is 30.6 Å². The molecule has 0 radical (unpaired) electrons. The number of methoxy groups -OCH3 is 1. The summed E-state index contributed by atoms with van der Waals surface area (Å²) in [6.45, 7) is 0. The van der Waals surface area contributed by atoms with Gasteiger partial charge < -0.3 is 4.74 Å². The number of benzene rings is 1. The lowest BCUT2D eigenvalue weighted by Crippen LogP contribution is -2.36. The predicted molar refractivity (Wildman–Crippen MR) is 80.8 cm³/mol. The molecule has 5 heteroatoms. The maximum Gasteiger partial charge on any atom is 0.154 e. The van der Waals surface area contributed by atoms with Crippen molar-refractivity contribution >= 4 is 25.8 Å². The highest BCUT2D eigenvalue weighted by Crippen LogP contribution is 2.30. The molecule has 0 bridgehead atoms. The molecule has 1 heterocycles. The van der Waals surface area contributed by atoms with Crippen molar-refractivity contribution in [3.8, 4) is 5.75 Å². The molecular formula is C14H19BrO3S. The SMILES string of the molecule is COc1ccccc1CC(Br)C1CCCCS1(=O)=O. The molecule has 2 unspecified atom stereocenters. The van der Waals surface area contributed by atoms with Crippen LogP contribution in [0.25, 0.3) is 0 Å². The standard InChI is InChI=1S/C14H19BrO3S/c1-18-13-7-3-2-6-11(13)10-12(15)14-8-4-5-9-19(14,16)17/h2-3,6-7,12,14H,4-5,8-10H2,1H3. The summed E-state index contributed by atoms with van der Waals surface area (Å²) in [5.41, 5.74) is 1.05. The van der Waals surface area contributed by atoms with Crippen LogP contribution in [0.3, 0.4) is 0 Å². The summed E-state index contributed by atoms with van der Waals surface area (Å²) >= 11 is 3.58. The van der Waals surface area contributed by atoms with Gasteiger partial charge in [0, 0.05) is 4.83 Å². The van der Waals surface area contributed by atoms with Gasteiger partial charge in [-0.05, 0) is 30.9 Å². The van der Waals surface area contributed by atoms with Crippen molar-refractivity contribution in [2.45, 2.75) is 35.8 Å². The minimum atomic E-state index is -2.95. The molecule has 0 N–H and O–H groups in total. The Bertz CT molecular complexity index is 527. The van der Waals surface area contributed by atoms with Gasteiger partial charge >= 0.3 is 0 Å². The Kier molecular flexibility index (Phi) is 4.90. The second kappa shape index (κ2) is 6.27. The van der Waals surface area contributed by atoms with E-state index in [9.17, 15) is 8.42 Å². The molecule has 19 heavy (non-hydrogen) atoms. The number of rotatable bonds is 4. The third-order valence-electron chi connectivity index (χ3n) is 3.64. The lowest BCUT2D eigenvalue weighted by Gasteiger charge is -2.26. The summed E-state index contributed by atoms with van der Waals surface area (Å²) in [5.74, 6) is 1.14. The monoisotopic (exact) mass is 346 g/mol. The second-order valence-corrected chi connectivity index (χ2v) is 8.45. The summed E-state index contributed by atoms with van der Waals surface area (Å²) in [6.07, 6.45) is 3.23. The Labute approximate surface area is 123 Å². The van der Waals surface area contributed by atoms with Crippen molar-refractivity contribution in [1.29, 1.82) is 0 Å². The van der Waals surface area contributed by atoms with Crippen molar-refractivity contribution in [1.82, 2.24) is 0 Å². The molecule has 0 aliphatic carbocycles. The van der Waals surface area contributed by atoms with Crippen molar-refractivity contribution in [3.05, 3.63) is 29.8 Å². The third-order valence-corrected chi connectivity index (χ3v) is 7.30. The van der Waals surface area contributed by atoms with Gasteiger partial charge in [-0.25, -0.2) is 8.42 Å². The lowest BCUT2D eigenvalue weighted by atomic mass is 10.0. The number of alkyl halides is 1. The van der Waals surface area contributed by atoms with Crippen molar-refractivity contribution in [2.24, 2.45) is 0 Å². The zero-order valence-electron chi connectivity index (χ0n) is 11.0. The largest absolute Gasteiger partial charge is 0.496 e. The van der Waals surface area contributed by atoms with Gasteiger partial charge in [-0.15, -0.1) is 0 Å². The van der Waals surface area contributed by atoms with Crippen LogP contribution < -0.4 is 4.74 Å². The number of sulfone groups is 1. The van der Waals surface area contributed by atoms with Gasteiger partial charge in [0.2, 0.25) is 0 Å². The molecule has 0 saturated carbocycles. The fourth-order valence-corrected chi connectivity index (χ4v) is 6.18. The lowest BCUT2D eigenvalue weighted by molar-refractivity contribution is 0.409. The highest BCUT2D eigenvalue weighted by atomic mass is 79.9. The fourth-order valence-electron chi connectivity index (χ4n) is 2.60. The van der Waals surface area contributed by atoms with Gasteiger partial charge in [-0.2, -0.15) is 0 Å². The molecule has 3 nitrogen and oxygen atoms in total. The molecule has 0 aromatic heterocycles. The van der Waals surface area contributed by atoms with Crippen LogP contribution in [-0.4, -0.2) is 31.4 Å². The maximum atomic E-state index is 12.1. The Morgan fingerprint density at radius 2 is 2.11 bits per heavy atom. The first kappa shape index (κ1) is 14.9. The smallest absolute Gasteiger partial charge is 0.154 e. The van der Waals surface area contributed by atoms with Gasteiger partial charge in [-0.1, -0.05) is 40.5 Å². The summed E-state index contributed by atoms with van der Waals surface area (Å²) in [6, 6.07) is 7.77. The number of halogens is 1. The molecule has 2 rings (SSSR count). The summed E-state index contributed by atoms with van der Waals surface area (Å²) < 4.78 is 29.5. The van der Waals surface area contributed by atoms with E-state index in [4.69, 9.17) is 4.74 Å². The van der Waals surface area contributed by atoms with Crippen LogP contribution in [-0.2, 0) is 16.3 Å². The van der Waals surface area contributed by atoms with E-state index in [1.54, 1.807) is 7.11 Å². The quantitative estimate of drug-likeness (QED) is 0.787. The molecule has 1 saturated heterocycles. The summed E-state index contributed by atoms with van der Waals surface area (Å²) in [4.78, 5) is -0.0471. The Balaban J connectivity index is 2.14. The van der Waals surface area contributed by atoms with Crippen LogP contribution in [0.4, 0.5) is 0 Å². The highest BCUT2D eigenvalue weighted by molar-refractivity contribution is 9.09. The molecule has 1 aliphatic heterocycles. The van der Waals surface area contributed by atoms with E-state index >= 15 is 0 Å². The van der Waals surface area contributed by atoms with E-state index in [1.165, 1.54) is 0 Å². The van der Waals surface area contributed by atoms with E-state index in [2.05, 4.69) is 15.9 Å². The normalized spacial score (nSPS) is 23.8.